The van der Waals surface area contributed by atoms with Crippen LogP contribution in [0.3, 0.4) is 0 Å². The summed E-state index contributed by atoms with van der Waals surface area (Å²) in [5, 5.41) is 0. The van der Waals surface area contributed by atoms with Gasteiger partial charge in [-0.1, -0.05) is 48.0 Å². The van der Waals surface area contributed by atoms with E-state index in [1.165, 1.54) is 11.1 Å². The summed E-state index contributed by atoms with van der Waals surface area (Å²) in [5.74, 6) is 1.32. The smallest absolute Gasteiger partial charge is 0.169 e. The Morgan fingerprint density at radius 3 is 2.85 bits per heavy atom. The zero-order chi connectivity index (χ0) is 14.5. The van der Waals surface area contributed by atoms with Crippen molar-refractivity contribution < 1.29 is 4.79 Å². The van der Waals surface area contributed by atoms with Crippen LogP contribution in [0, 0.1) is 17.3 Å². The summed E-state index contributed by atoms with van der Waals surface area (Å²) in [6, 6.07) is 6.16. The predicted molar refractivity (Wildman–Crippen MR) is 85.9 cm³/mol. The van der Waals surface area contributed by atoms with Crippen LogP contribution in [0.4, 0.5) is 0 Å². The Morgan fingerprint density at radius 1 is 1.40 bits per heavy atom. The molecule has 0 heterocycles. The zero-order valence-corrected chi connectivity index (χ0v) is 13.8. The maximum atomic E-state index is 13.0. The first kappa shape index (κ1) is 14.1. The highest BCUT2D eigenvalue weighted by molar-refractivity contribution is 9.10. The lowest BCUT2D eigenvalue weighted by Gasteiger charge is -2.41. The highest BCUT2D eigenvalue weighted by atomic mass is 79.9. The molecule has 0 radical (unpaired) electrons. The molecule has 1 saturated carbocycles. The van der Waals surface area contributed by atoms with Crippen LogP contribution in [0.2, 0.25) is 0 Å². The molecule has 2 aliphatic carbocycles. The first-order valence-corrected chi connectivity index (χ1v) is 8.28. The second-order valence-electron chi connectivity index (χ2n) is 6.58. The summed E-state index contributed by atoms with van der Waals surface area (Å²) in [5.41, 5.74) is 3.36. The van der Waals surface area contributed by atoms with Crippen LogP contribution >= 0.6 is 15.9 Å². The van der Waals surface area contributed by atoms with Crippen molar-refractivity contribution in [3.63, 3.8) is 0 Å². The van der Waals surface area contributed by atoms with E-state index in [1.807, 2.05) is 12.1 Å². The van der Waals surface area contributed by atoms with Gasteiger partial charge in [-0.3, -0.25) is 4.79 Å². The number of allylic oxidation sites excluding steroid dienone is 1. The number of carbonyl (C=O) groups excluding carboxylic acids is 1. The molecule has 0 unspecified atom stereocenters. The third-order valence-electron chi connectivity index (χ3n) is 5.31. The molecule has 0 saturated heterocycles. The van der Waals surface area contributed by atoms with Crippen LogP contribution < -0.4 is 0 Å². The van der Waals surface area contributed by atoms with E-state index in [9.17, 15) is 4.79 Å². The molecule has 1 nitrogen and oxygen atoms in total. The fourth-order valence-corrected chi connectivity index (χ4v) is 4.55. The maximum absolute atomic E-state index is 13.0. The fraction of sp³-hybridized carbons (Fsp3) is 0.500. The Bertz CT molecular complexity index is 589. The number of halogens is 1. The average molecular weight is 333 g/mol. The van der Waals surface area contributed by atoms with E-state index in [2.05, 4.69) is 42.4 Å². The van der Waals surface area contributed by atoms with Gasteiger partial charge in [-0.2, -0.15) is 0 Å². The van der Waals surface area contributed by atoms with E-state index < -0.39 is 0 Å². The summed E-state index contributed by atoms with van der Waals surface area (Å²) in [7, 11) is 0. The van der Waals surface area contributed by atoms with Crippen molar-refractivity contribution in [3.05, 3.63) is 46.0 Å². The number of benzene rings is 1. The molecule has 1 fully saturated rings. The molecule has 106 valence electrons. The van der Waals surface area contributed by atoms with E-state index >= 15 is 0 Å². The Morgan fingerprint density at radius 2 is 2.15 bits per heavy atom. The third kappa shape index (κ3) is 2.00. The highest BCUT2D eigenvalue weighted by Crippen LogP contribution is 2.52. The molecule has 3 rings (SSSR count). The number of hydrogen-bond donors (Lipinski definition) is 0. The molecule has 20 heavy (non-hydrogen) atoms. The number of carbonyl (C=O) groups is 1. The topological polar surface area (TPSA) is 17.1 Å². The summed E-state index contributed by atoms with van der Waals surface area (Å²) in [6.07, 6.45) is 3.96. The van der Waals surface area contributed by atoms with Crippen molar-refractivity contribution in [1.82, 2.24) is 0 Å². The molecule has 0 aliphatic heterocycles. The van der Waals surface area contributed by atoms with Crippen LogP contribution in [0.1, 0.15) is 49.0 Å². The van der Waals surface area contributed by atoms with E-state index in [0.717, 1.165) is 35.7 Å². The molecule has 2 aliphatic rings. The van der Waals surface area contributed by atoms with Crippen LogP contribution in [-0.2, 0) is 6.42 Å². The second kappa shape index (κ2) is 4.84. The molecule has 3 atom stereocenters. The number of rotatable bonds is 1. The van der Waals surface area contributed by atoms with Gasteiger partial charge in [-0.15, -0.1) is 0 Å². The van der Waals surface area contributed by atoms with Gasteiger partial charge in [0.25, 0.3) is 0 Å². The fourth-order valence-electron chi connectivity index (χ4n) is 4.19. The molecule has 0 aromatic heterocycles. The van der Waals surface area contributed by atoms with Crippen molar-refractivity contribution in [2.75, 3.05) is 0 Å². The molecule has 2 heteroatoms. The van der Waals surface area contributed by atoms with E-state index in [1.54, 1.807) is 0 Å². The van der Waals surface area contributed by atoms with Crippen molar-refractivity contribution in [2.45, 2.75) is 39.5 Å². The van der Waals surface area contributed by atoms with Crippen LogP contribution in [0.5, 0.6) is 0 Å². The lowest BCUT2D eigenvalue weighted by Crippen LogP contribution is -2.38. The van der Waals surface area contributed by atoms with Crippen molar-refractivity contribution in [3.8, 4) is 0 Å². The summed E-state index contributed by atoms with van der Waals surface area (Å²) in [4.78, 5) is 13.0. The van der Waals surface area contributed by atoms with Gasteiger partial charge in [-0.05, 0) is 55.2 Å². The summed E-state index contributed by atoms with van der Waals surface area (Å²) in [6.45, 7) is 8.72. The van der Waals surface area contributed by atoms with Gasteiger partial charge in [0, 0.05) is 15.5 Å². The number of Topliss-reactive ketones (excluding diaryl/α,β-unsaturated/α-hetero) is 1. The van der Waals surface area contributed by atoms with Gasteiger partial charge in [-0.25, -0.2) is 0 Å². The minimum absolute atomic E-state index is 0.162. The molecule has 1 aromatic rings. The number of hydrogen-bond acceptors (Lipinski definition) is 1. The lowest BCUT2D eigenvalue weighted by molar-refractivity contribution is 0.0686. The molecule has 1 aromatic carbocycles. The highest BCUT2D eigenvalue weighted by Gasteiger charge is 2.50. The summed E-state index contributed by atoms with van der Waals surface area (Å²) < 4.78 is 1.00. The first-order chi connectivity index (χ1) is 9.47. The van der Waals surface area contributed by atoms with Gasteiger partial charge >= 0.3 is 0 Å². The van der Waals surface area contributed by atoms with E-state index in [4.69, 9.17) is 0 Å². The van der Waals surface area contributed by atoms with Crippen molar-refractivity contribution >= 4 is 21.7 Å². The van der Waals surface area contributed by atoms with E-state index in [-0.39, 0.29) is 5.41 Å². The molecular formula is C18H21BrO. The monoisotopic (exact) mass is 332 g/mol. The maximum Gasteiger partial charge on any atom is 0.169 e. The SMILES string of the molecule is C=C1[C@H](CC)C[C@@]2(Cc3ccc(Br)cc3C2=O)C[C@@H]1C. The first-order valence-electron chi connectivity index (χ1n) is 7.49. The third-order valence-corrected chi connectivity index (χ3v) is 5.80. The minimum atomic E-state index is -0.162. The van der Waals surface area contributed by atoms with Gasteiger partial charge in [0.15, 0.2) is 5.78 Å². The van der Waals surface area contributed by atoms with Crippen LogP contribution in [-0.4, -0.2) is 5.78 Å². The van der Waals surface area contributed by atoms with E-state index in [0.29, 0.717) is 17.6 Å². The standard InChI is InChI=1S/C18H21BrO/c1-4-13-9-18(8-11(2)12(13)3)10-14-5-6-15(19)7-16(14)17(18)20/h5-7,11,13H,3-4,8-10H2,1-2H3/t11-,13+,18+/m0/s1. The molecule has 0 amide bonds. The van der Waals surface area contributed by atoms with Gasteiger partial charge in [0.1, 0.15) is 0 Å². The minimum Gasteiger partial charge on any atom is -0.294 e. The van der Waals surface area contributed by atoms with Gasteiger partial charge in [0.05, 0.1) is 0 Å². The summed E-state index contributed by atoms with van der Waals surface area (Å²) >= 11 is 3.49. The molecule has 0 N–H and O–H groups in total. The van der Waals surface area contributed by atoms with Gasteiger partial charge < -0.3 is 0 Å². The number of fused-ring (bicyclic) bond motifs is 1. The Hall–Kier alpha value is -0.890. The normalized spacial score (nSPS) is 32.8. The van der Waals surface area contributed by atoms with Crippen LogP contribution in [0.25, 0.3) is 0 Å². The zero-order valence-electron chi connectivity index (χ0n) is 12.2. The predicted octanol–water partition coefficient (Wildman–Crippen LogP) is 5.19. The van der Waals surface area contributed by atoms with Crippen molar-refractivity contribution in [1.29, 1.82) is 0 Å². The number of ketones is 1. The van der Waals surface area contributed by atoms with Crippen molar-refractivity contribution in [2.24, 2.45) is 17.3 Å². The second-order valence-corrected chi connectivity index (χ2v) is 7.49. The average Bonchev–Trinajstić information content (AvgIpc) is 2.68. The van der Waals surface area contributed by atoms with Crippen LogP contribution in [0.15, 0.2) is 34.8 Å². The quantitative estimate of drug-likeness (QED) is 0.647. The Labute approximate surface area is 129 Å². The molecule has 1 spiro atoms. The molecule has 0 bridgehead atoms. The van der Waals surface area contributed by atoms with Gasteiger partial charge in [0.2, 0.25) is 0 Å². The largest absolute Gasteiger partial charge is 0.294 e. The lowest BCUT2D eigenvalue weighted by atomic mass is 9.61. The Balaban J connectivity index is 1.99. The molecular weight excluding hydrogens is 312 g/mol. The Kier molecular flexibility index (Phi) is 3.40.